The second-order valence-electron chi connectivity index (χ2n) is 11.5. The summed E-state index contributed by atoms with van der Waals surface area (Å²) in [4.78, 5) is 33.9. The summed E-state index contributed by atoms with van der Waals surface area (Å²) in [7, 11) is -1.71. The van der Waals surface area contributed by atoms with E-state index >= 15 is 0 Å². The molecule has 15 heteroatoms. The van der Waals surface area contributed by atoms with Gasteiger partial charge in [0.05, 0.1) is 0 Å². The third-order valence-corrected chi connectivity index (χ3v) is 10.7. The van der Waals surface area contributed by atoms with Crippen LogP contribution in [0, 0.1) is 0 Å². The molecule has 271 valence electrons. The van der Waals surface area contributed by atoms with Gasteiger partial charge in [-0.1, -0.05) is 67.8 Å². The summed E-state index contributed by atoms with van der Waals surface area (Å²) in [5, 5.41) is 28.7. The van der Waals surface area contributed by atoms with Gasteiger partial charge in [-0.05, 0) is 18.9 Å². The molecular weight excluding hydrogens is 688 g/mol. The molecule has 2 fully saturated rings. The van der Waals surface area contributed by atoms with Crippen LogP contribution in [0.2, 0.25) is 0 Å². The summed E-state index contributed by atoms with van der Waals surface area (Å²) in [6.07, 6.45) is 5.17. The Balaban J connectivity index is 0.000000918. The molecule has 1 spiro atoms. The predicted molar refractivity (Wildman–Crippen MR) is 190 cm³/mol. The Morgan fingerprint density at radius 1 is 0.750 bits per heavy atom. The fourth-order valence-electron chi connectivity index (χ4n) is 5.70. The Bertz CT molecular complexity index is 1800. The number of ether oxygens (including phenoxy) is 1. The topological polar surface area (TPSA) is 181 Å². The van der Waals surface area contributed by atoms with E-state index in [0.717, 1.165) is 83.4 Å². The molecule has 6 rings (SSSR count). The van der Waals surface area contributed by atoms with Crippen molar-refractivity contribution in [3.05, 3.63) is 101 Å². The third kappa shape index (κ3) is 7.58. The maximum absolute atomic E-state index is 12.9. The third-order valence-electron chi connectivity index (χ3n) is 8.34. The van der Waals surface area contributed by atoms with E-state index in [2.05, 4.69) is 21.3 Å². The smallest absolute Gasteiger partial charge is 0.351 e. The van der Waals surface area contributed by atoms with Crippen molar-refractivity contribution in [2.24, 2.45) is 14.1 Å². The van der Waals surface area contributed by atoms with Crippen LogP contribution in [0.25, 0.3) is 27.3 Å². The minimum absolute atomic E-state index is 0. The van der Waals surface area contributed by atoms with Gasteiger partial charge in [-0.15, -0.1) is 26.2 Å². The zero-order chi connectivity index (χ0) is 33.6. The number of aromatic nitrogens is 2. The number of hydrogen-bond acceptors (Lipinski definition) is 7. The van der Waals surface area contributed by atoms with Gasteiger partial charge in [0.25, 0.3) is 5.56 Å². The maximum atomic E-state index is 12.9. The van der Waals surface area contributed by atoms with Crippen molar-refractivity contribution in [3.63, 3.8) is 0 Å². The van der Waals surface area contributed by atoms with Crippen molar-refractivity contribution >= 4 is 44.6 Å². The number of hydrogen-bond donors (Lipinski definition) is 1. The molecule has 1 aliphatic carbocycles. The average Bonchev–Trinajstić information content (AvgIpc) is 3.24. The van der Waals surface area contributed by atoms with Crippen molar-refractivity contribution in [2.45, 2.75) is 49.9 Å². The van der Waals surface area contributed by atoms with Gasteiger partial charge in [-0.3, -0.25) is 13.9 Å². The molecule has 3 aromatic rings. The molecule has 0 unspecified atom stereocenters. The zero-order valence-corrected chi connectivity index (χ0v) is 28.5. The number of benzene rings is 2. The van der Waals surface area contributed by atoms with E-state index in [1.165, 1.54) is 14.1 Å². The van der Waals surface area contributed by atoms with Gasteiger partial charge in [0.15, 0.2) is 4.91 Å². The van der Waals surface area contributed by atoms with Crippen molar-refractivity contribution in [1.29, 1.82) is 0 Å². The first-order chi connectivity index (χ1) is 22.6. The van der Waals surface area contributed by atoms with Gasteiger partial charge in [0.2, 0.25) is 20.7 Å². The molecular formula is C33H46CuN6O7S-4. The van der Waals surface area contributed by atoms with Gasteiger partial charge in [-0.25, -0.2) is 18.0 Å². The molecule has 13 nitrogen and oxygen atoms in total. The second kappa shape index (κ2) is 15.8. The van der Waals surface area contributed by atoms with Crippen LogP contribution in [0.3, 0.4) is 0 Å². The Kier molecular flexibility index (Phi) is 12.1. The molecule has 1 aromatic heterocycles. The summed E-state index contributed by atoms with van der Waals surface area (Å²) in [6, 6.07) is 16.2. The van der Waals surface area contributed by atoms with E-state index in [1.54, 1.807) is 0 Å². The van der Waals surface area contributed by atoms with Gasteiger partial charge < -0.3 is 31.1 Å². The van der Waals surface area contributed by atoms with E-state index in [0.29, 0.717) is 12.8 Å². The van der Waals surface area contributed by atoms with Crippen LogP contribution in [0.15, 0.2) is 63.0 Å². The number of sulfone groups is 1. The van der Waals surface area contributed by atoms with Crippen LogP contribution < -0.4 is 11.2 Å². The van der Waals surface area contributed by atoms with Crippen LogP contribution in [0.5, 0.6) is 5.88 Å². The zero-order valence-electron chi connectivity index (χ0n) is 26.8. The average molecular weight is 734 g/mol. The Labute approximate surface area is 296 Å². The van der Waals surface area contributed by atoms with E-state index < -0.39 is 48.3 Å². The molecule has 2 aliphatic heterocycles. The fraction of sp³-hybridized carbons (Fsp3) is 0.424. The molecule has 1 N–H and O–H groups in total. The number of para-hydroxylation sites is 4. The number of aromatic hydroxyl groups is 1. The van der Waals surface area contributed by atoms with Gasteiger partial charge in [0, 0.05) is 49.7 Å². The van der Waals surface area contributed by atoms with Crippen molar-refractivity contribution < 1.29 is 45.8 Å². The minimum atomic E-state index is -4.12. The van der Waals surface area contributed by atoms with E-state index in [4.69, 9.17) is 4.74 Å². The van der Waals surface area contributed by atoms with Gasteiger partial charge in [0.1, 0.15) is 5.56 Å². The molecule has 1 saturated carbocycles. The van der Waals surface area contributed by atoms with E-state index in [9.17, 15) is 27.9 Å². The van der Waals surface area contributed by atoms with Crippen LogP contribution in [-0.4, -0.2) is 59.7 Å². The summed E-state index contributed by atoms with van der Waals surface area (Å²) in [6.45, 7) is 3.09. The number of rotatable bonds is 1. The van der Waals surface area contributed by atoms with Crippen molar-refractivity contribution in [2.75, 3.05) is 26.2 Å². The van der Waals surface area contributed by atoms with Crippen LogP contribution >= 0.6 is 0 Å². The molecule has 48 heavy (non-hydrogen) atoms. The summed E-state index contributed by atoms with van der Waals surface area (Å²) >= 11 is 0. The first-order valence-corrected chi connectivity index (χ1v) is 17.1. The normalized spacial score (nSPS) is 19.2. The van der Waals surface area contributed by atoms with Crippen molar-refractivity contribution in [3.8, 4) is 5.88 Å². The van der Waals surface area contributed by atoms with Crippen molar-refractivity contribution in [1.82, 2.24) is 9.13 Å². The SMILES string of the molecule is Cn1c(O)c(/C=C2\C(=O)OC3(CCCCC3)S2(=O)=O)c(=O)n(C)c1=O.[Cu].[HH].[HH].[HH].[HH].c1ccc2c(c1)[N-]CCC[N-]c1ccccc1[N-]CCC[N-]2. The van der Waals surface area contributed by atoms with Crippen LogP contribution in [-0.2, 0) is 50.5 Å². The first-order valence-electron chi connectivity index (χ1n) is 15.6. The molecule has 1 radical (unpaired) electrons. The number of fused-ring (bicyclic) bond motifs is 2. The standard InChI is InChI=1S/C18H20N4.C15H18N2O7S.Cu.4H2/c1-2-8-16-15(7-1)19-11-5-13-21-17-9-3-4-10-18(17)22-14-6-12-20-16;1-16-11(18)9(12(19)17(2)14(16)21)8-10-13(20)24-15(25(10,22)23)6-4-3-5-7-15;;;;;/h1-4,7-10H,5-6,11-14H2;8,18H,3-7H2,1-2H3;;4*1H/q-4;;;;;;/b;10-8+;;;;;. The van der Waals surface area contributed by atoms with E-state index in [-0.39, 0.29) is 35.6 Å². The largest absolute Gasteiger partial charge is 0.685 e. The van der Waals surface area contributed by atoms with Crippen LogP contribution in [0.1, 0.15) is 56.2 Å². The molecule has 0 atom stereocenters. The number of nitrogens with zero attached hydrogens (tertiary/aromatic N) is 6. The molecule has 1 saturated heterocycles. The number of esters is 1. The summed E-state index contributed by atoms with van der Waals surface area (Å²) in [5.74, 6) is -1.76. The molecule has 0 bridgehead atoms. The summed E-state index contributed by atoms with van der Waals surface area (Å²) in [5.41, 5.74) is 1.81. The van der Waals surface area contributed by atoms with Gasteiger partial charge in [-0.2, -0.15) is 22.7 Å². The minimum Gasteiger partial charge on any atom is -0.685 e. The Morgan fingerprint density at radius 2 is 1.19 bits per heavy atom. The second-order valence-corrected chi connectivity index (χ2v) is 13.7. The molecule has 0 amide bonds. The number of carbonyl (C=O) groups is 1. The number of carbonyl (C=O) groups excluding carboxylic acids is 1. The van der Waals surface area contributed by atoms with Crippen LogP contribution in [0.4, 0.5) is 22.7 Å². The monoisotopic (exact) mass is 733 g/mol. The first kappa shape index (κ1) is 36.6. The predicted octanol–water partition coefficient (Wildman–Crippen LogP) is 6.95. The maximum Gasteiger partial charge on any atom is 0.351 e. The summed E-state index contributed by atoms with van der Waals surface area (Å²) < 4.78 is 32.4. The molecule has 3 aliphatic rings. The van der Waals surface area contributed by atoms with E-state index in [1.807, 2.05) is 48.5 Å². The molecule has 3 heterocycles. The fourth-order valence-corrected chi connectivity index (χ4v) is 7.65. The Morgan fingerprint density at radius 3 is 1.62 bits per heavy atom. The Hall–Kier alpha value is -4.20. The van der Waals surface area contributed by atoms with Gasteiger partial charge >= 0.3 is 11.7 Å². The molecule has 2 aromatic carbocycles. The quantitative estimate of drug-likeness (QED) is 0.160.